The maximum atomic E-state index is 12.9. The average Bonchev–Trinajstić information content (AvgIpc) is 3.01. The molecule has 29 heavy (non-hydrogen) atoms. The minimum absolute atomic E-state index is 0.0565. The zero-order chi connectivity index (χ0) is 20.6. The molecule has 154 valence electrons. The minimum atomic E-state index is -0.0565. The van der Waals surface area contributed by atoms with E-state index in [1.807, 2.05) is 59.2 Å². The summed E-state index contributed by atoms with van der Waals surface area (Å²) < 4.78 is 5.17. The molecular formula is C24H30N2O3. The van der Waals surface area contributed by atoms with Gasteiger partial charge in [0.2, 0.25) is 11.8 Å². The Hall–Kier alpha value is -2.82. The third-order valence-corrected chi connectivity index (χ3v) is 5.48. The molecule has 5 heteroatoms. The molecule has 0 saturated carbocycles. The summed E-state index contributed by atoms with van der Waals surface area (Å²) in [6.45, 7) is 4.61. The van der Waals surface area contributed by atoms with Crippen molar-refractivity contribution in [2.75, 3.05) is 33.3 Å². The van der Waals surface area contributed by atoms with E-state index in [-0.39, 0.29) is 17.7 Å². The number of benzene rings is 2. The van der Waals surface area contributed by atoms with Gasteiger partial charge in [-0.25, -0.2) is 0 Å². The molecule has 2 amide bonds. The molecule has 3 rings (SSSR count). The third kappa shape index (κ3) is 5.83. The van der Waals surface area contributed by atoms with Crippen molar-refractivity contribution in [1.82, 2.24) is 9.80 Å². The Bertz CT molecular complexity index is 805. The second-order valence-electron chi connectivity index (χ2n) is 7.68. The molecule has 0 radical (unpaired) electrons. The fraction of sp³-hybridized carbons (Fsp3) is 0.417. The molecule has 0 aromatic heterocycles. The van der Waals surface area contributed by atoms with Gasteiger partial charge < -0.3 is 14.5 Å². The number of rotatable bonds is 6. The van der Waals surface area contributed by atoms with Gasteiger partial charge in [0.05, 0.1) is 13.5 Å². The van der Waals surface area contributed by atoms with Crippen LogP contribution in [-0.2, 0) is 22.4 Å². The summed E-state index contributed by atoms with van der Waals surface area (Å²) in [5, 5.41) is 0. The van der Waals surface area contributed by atoms with E-state index in [0.717, 1.165) is 24.2 Å². The molecule has 0 N–H and O–H groups in total. The van der Waals surface area contributed by atoms with Gasteiger partial charge in [-0.05, 0) is 36.1 Å². The molecule has 5 nitrogen and oxygen atoms in total. The molecule has 0 aliphatic carbocycles. The molecular weight excluding hydrogens is 364 g/mol. The van der Waals surface area contributed by atoms with Gasteiger partial charge in [-0.2, -0.15) is 0 Å². The van der Waals surface area contributed by atoms with E-state index in [0.29, 0.717) is 32.6 Å². The van der Waals surface area contributed by atoms with Crippen molar-refractivity contribution in [3.63, 3.8) is 0 Å². The number of nitrogens with zero attached hydrogens (tertiary/aromatic N) is 2. The first-order valence-corrected chi connectivity index (χ1v) is 10.3. The van der Waals surface area contributed by atoms with Crippen molar-refractivity contribution in [1.29, 1.82) is 0 Å². The van der Waals surface area contributed by atoms with Gasteiger partial charge in [0.1, 0.15) is 5.75 Å². The smallest absolute Gasteiger partial charge is 0.227 e. The Morgan fingerprint density at radius 3 is 2.24 bits per heavy atom. The highest BCUT2D eigenvalue weighted by atomic mass is 16.5. The average molecular weight is 395 g/mol. The van der Waals surface area contributed by atoms with Crippen LogP contribution in [0.1, 0.15) is 24.5 Å². The second kappa shape index (κ2) is 10.1. The van der Waals surface area contributed by atoms with Gasteiger partial charge in [0.15, 0.2) is 0 Å². The lowest BCUT2D eigenvalue weighted by molar-refractivity contribution is -0.135. The Labute approximate surface area is 173 Å². The zero-order valence-corrected chi connectivity index (χ0v) is 17.3. The van der Waals surface area contributed by atoms with Crippen LogP contribution >= 0.6 is 0 Å². The van der Waals surface area contributed by atoms with Gasteiger partial charge in [0.25, 0.3) is 0 Å². The maximum absolute atomic E-state index is 12.9. The summed E-state index contributed by atoms with van der Waals surface area (Å²) in [6, 6.07) is 17.7. The molecule has 1 aliphatic rings. The van der Waals surface area contributed by atoms with E-state index in [1.54, 1.807) is 7.11 Å². The topological polar surface area (TPSA) is 49.9 Å². The Kier molecular flexibility index (Phi) is 7.28. The fourth-order valence-electron chi connectivity index (χ4n) is 3.78. The number of amides is 2. The van der Waals surface area contributed by atoms with Crippen molar-refractivity contribution in [2.45, 2.75) is 26.2 Å². The first-order valence-electron chi connectivity index (χ1n) is 10.3. The first-order chi connectivity index (χ1) is 14.1. The summed E-state index contributed by atoms with van der Waals surface area (Å²) in [5.74, 6) is 1.02. The number of carbonyl (C=O) groups excluding carboxylic acids is 2. The van der Waals surface area contributed by atoms with E-state index in [2.05, 4.69) is 12.1 Å². The lowest BCUT2D eigenvalue weighted by atomic mass is 10.00. The Morgan fingerprint density at radius 2 is 1.55 bits per heavy atom. The van der Waals surface area contributed by atoms with Gasteiger partial charge in [0, 0.05) is 32.1 Å². The van der Waals surface area contributed by atoms with Crippen molar-refractivity contribution < 1.29 is 14.3 Å². The minimum Gasteiger partial charge on any atom is -0.497 e. The molecule has 1 atom stereocenters. The predicted octanol–water partition coefficient (Wildman–Crippen LogP) is 3.18. The molecule has 1 aliphatic heterocycles. The molecule has 1 saturated heterocycles. The fourth-order valence-corrected chi connectivity index (χ4v) is 3.78. The largest absolute Gasteiger partial charge is 0.497 e. The normalized spacial score (nSPS) is 15.5. The third-order valence-electron chi connectivity index (χ3n) is 5.48. The lowest BCUT2D eigenvalue weighted by Gasteiger charge is -2.25. The highest BCUT2D eigenvalue weighted by Crippen LogP contribution is 2.15. The second-order valence-corrected chi connectivity index (χ2v) is 7.68. The van der Waals surface area contributed by atoms with Crippen LogP contribution < -0.4 is 4.74 Å². The lowest BCUT2D eigenvalue weighted by Crippen LogP contribution is -2.40. The highest BCUT2D eigenvalue weighted by molar-refractivity contribution is 5.80. The van der Waals surface area contributed by atoms with Crippen molar-refractivity contribution >= 4 is 11.8 Å². The van der Waals surface area contributed by atoms with Crippen molar-refractivity contribution in [2.24, 2.45) is 5.92 Å². The van der Waals surface area contributed by atoms with Gasteiger partial charge >= 0.3 is 0 Å². The summed E-state index contributed by atoms with van der Waals surface area (Å²) in [6.07, 6.45) is 1.94. The molecule has 0 spiro atoms. The van der Waals surface area contributed by atoms with E-state index in [1.165, 1.54) is 5.56 Å². The molecule has 0 bridgehead atoms. The zero-order valence-electron chi connectivity index (χ0n) is 17.3. The standard InChI is InChI=1S/C24H30N2O3/c1-19(17-20-7-4-3-5-8-20)24(28)26-14-6-13-25(15-16-26)23(27)18-21-9-11-22(29-2)12-10-21/h3-5,7-12,19H,6,13-18H2,1-2H3. The van der Waals surface area contributed by atoms with Crippen LogP contribution in [0.25, 0.3) is 0 Å². The van der Waals surface area contributed by atoms with Crippen LogP contribution in [0.4, 0.5) is 0 Å². The van der Waals surface area contributed by atoms with Crippen LogP contribution in [0, 0.1) is 5.92 Å². The number of hydrogen-bond donors (Lipinski definition) is 0. The van der Waals surface area contributed by atoms with E-state index in [4.69, 9.17) is 4.74 Å². The van der Waals surface area contributed by atoms with Crippen molar-refractivity contribution in [3.05, 3.63) is 65.7 Å². The number of carbonyl (C=O) groups is 2. The quantitative estimate of drug-likeness (QED) is 0.756. The van der Waals surface area contributed by atoms with E-state index in [9.17, 15) is 9.59 Å². The summed E-state index contributed by atoms with van der Waals surface area (Å²) in [7, 11) is 1.63. The summed E-state index contributed by atoms with van der Waals surface area (Å²) >= 11 is 0. The number of ether oxygens (including phenoxy) is 1. The van der Waals surface area contributed by atoms with Crippen LogP contribution in [-0.4, -0.2) is 54.9 Å². The first kappa shape index (κ1) is 20.9. The Morgan fingerprint density at radius 1 is 0.897 bits per heavy atom. The Balaban J connectivity index is 1.52. The summed E-state index contributed by atoms with van der Waals surface area (Å²) in [4.78, 5) is 29.4. The maximum Gasteiger partial charge on any atom is 0.227 e. The monoisotopic (exact) mass is 394 g/mol. The molecule has 1 unspecified atom stereocenters. The molecule has 1 heterocycles. The predicted molar refractivity (Wildman–Crippen MR) is 114 cm³/mol. The van der Waals surface area contributed by atoms with Crippen LogP contribution in [0.3, 0.4) is 0 Å². The van der Waals surface area contributed by atoms with Crippen LogP contribution in [0.2, 0.25) is 0 Å². The van der Waals surface area contributed by atoms with E-state index < -0.39 is 0 Å². The van der Waals surface area contributed by atoms with Gasteiger partial charge in [-0.3, -0.25) is 9.59 Å². The molecule has 1 fully saturated rings. The molecule has 2 aromatic carbocycles. The van der Waals surface area contributed by atoms with Crippen molar-refractivity contribution in [3.8, 4) is 5.75 Å². The highest BCUT2D eigenvalue weighted by Gasteiger charge is 2.25. The van der Waals surface area contributed by atoms with E-state index >= 15 is 0 Å². The number of methoxy groups -OCH3 is 1. The van der Waals surface area contributed by atoms with Crippen LogP contribution in [0.15, 0.2) is 54.6 Å². The van der Waals surface area contributed by atoms with Gasteiger partial charge in [-0.15, -0.1) is 0 Å². The molecule has 2 aromatic rings. The summed E-state index contributed by atoms with van der Waals surface area (Å²) in [5.41, 5.74) is 2.16. The van der Waals surface area contributed by atoms with Gasteiger partial charge in [-0.1, -0.05) is 49.4 Å². The van der Waals surface area contributed by atoms with Crippen LogP contribution in [0.5, 0.6) is 5.75 Å². The number of hydrogen-bond acceptors (Lipinski definition) is 3. The SMILES string of the molecule is COc1ccc(CC(=O)N2CCCN(C(=O)C(C)Cc3ccccc3)CC2)cc1.